The number of nitrogens with zero attached hydrogens (tertiary/aromatic N) is 2. The van der Waals surface area contributed by atoms with Crippen molar-refractivity contribution in [2.45, 2.75) is 25.8 Å². The Kier molecular flexibility index (Phi) is 4.81. The van der Waals surface area contributed by atoms with Crippen LogP contribution in [0.3, 0.4) is 0 Å². The Labute approximate surface area is 148 Å². The van der Waals surface area contributed by atoms with Gasteiger partial charge in [-0.15, -0.1) is 0 Å². The number of rotatable bonds is 5. The lowest BCUT2D eigenvalue weighted by Crippen LogP contribution is -2.39. The van der Waals surface area contributed by atoms with Gasteiger partial charge in [0.1, 0.15) is 0 Å². The van der Waals surface area contributed by atoms with Crippen LogP contribution in [-0.4, -0.2) is 33.2 Å². The van der Waals surface area contributed by atoms with E-state index in [1.54, 1.807) is 29.2 Å². The molecule has 0 saturated heterocycles. The van der Waals surface area contributed by atoms with Gasteiger partial charge >= 0.3 is 0 Å². The van der Waals surface area contributed by atoms with Gasteiger partial charge in [-0.1, -0.05) is 36.4 Å². The molecule has 0 aliphatic carbocycles. The molecule has 0 fully saturated rings. The van der Waals surface area contributed by atoms with Crippen LogP contribution < -0.4 is 9.21 Å². The third-order valence-corrected chi connectivity index (χ3v) is 5.64. The van der Waals surface area contributed by atoms with Crippen molar-refractivity contribution < 1.29 is 13.2 Å². The summed E-state index contributed by atoms with van der Waals surface area (Å²) in [5.41, 5.74) is 2.67. The van der Waals surface area contributed by atoms with Gasteiger partial charge in [-0.3, -0.25) is 9.10 Å². The molecule has 1 heterocycles. The van der Waals surface area contributed by atoms with E-state index in [-0.39, 0.29) is 24.9 Å². The van der Waals surface area contributed by atoms with Crippen molar-refractivity contribution in [3.8, 4) is 0 Å². The number of sulfonamides is 1. The number of hydrogen-bond acceptors (Lipinski definition) is 3. The molecule has 1 unspecified atom stereocenters. The van der Waals surface area contributed by atoms with E-state index >= 15 is 0 Å². The van der Waals surface area contributed by atoms with Crippen molar-refractivity contribution >= 4 is 27.3 Å². The minimum atomic E-state index is -3.45. The zero-order valence-corrected chi connectivity index (χ0v) is 15.2. The normalized spacial score (nSPS) is 16.6. The molecule has 1 amide bonds. The quantitative estimate of drug-likeness (QED) is 0.826. The Morgan fingerprint density at radius 2 is 1.76 bits per heavy atom. The Morgan fingerprint density at radius 1 is 1.12 bits per heavy atom. The SMILES string of the molecule is CC1Cc2ccccc2N1C(=O)CCN(c1ccccc1)S(C)(=O)=O. The van der Waals surface area contributed by atoms with Crippen LogP contribution in [0.4, 0.5) is 11.4 Å². The standard InChI is InChI=1S/C19H22N2O3S/c1-15-14-16-8-6-7-11-18(16)21(15)19(22)12-13-20(25(2,23)24)17-9-4-3-5-10-17/h3-11,15H,12-14H2,1-2H3. The molecule has 132 valence electrons. The Balaban J connectivity index is 1.77. The van der Waals surface area contributed by atoms with Crippen LogP contribution in [0.2, 0.25) is 0 Å². The maximum atomic E-state index is 12.8. The van der Waals surface area contributed by atoms with Gasteiger partial charge in [0.15, 0.2) is 0 Å². The van der Waals surface area contributed by atoms with Gasteiger partial charge in [0, 0.05) is 24.7 Å². The van der Waals surface area contributed by atoms with E-state index in [1.807, 2.05) is 37.3 Å². The average Bonchev–Trinajstić information content (AvgIpc) is 2.90. The second kappa shape index (κ2) is 6.88. The molecule has 0 radical (unpaired) electrons. The highest BCUT2D eigenvalue weighted by molar-refractivity contribution is 7.92. The molecule has 1 atom stereocenters. The van der Waals surface area contributed by atoms with Crippen molar-refractivity contribution in [2.75, 3.05) is 22.0 Å². The Bertz CT molecular complexity index is 865. The fourth-order valence-electron chi connectivity index (χ4n) is 3.34. The van der Waals surface area contributed by atoms with E-state index in [4.69, 9.17) is 0 Å². The van der Waals surface area contributed by atoms with Crippen LogP contribution in [0.1, 0.15) is 18.9 Å². The van der Waals surface area contributed by atoms with Gasteiger partial charge in [-0.25, -0.2) is 8.42 Å². The summed E-state index contributed by atoms with van der Waals surface area (Å²) in [5, 5.41) is 0. The molecule has 25 heavy (non-hydrogen) atoms. The fourth-order valence-corrected chi connectivity index (χ4v) is 4.27. The van der Waals surface area contributed by atoms with Gasteiger partial charge in [0.05, 0.1) is 11.9 Å². The minimum Gasteiger partial charge on any atom is -0.309 e. The van der Waals surface area contributed by atoms with Gasteiger partial charge < -0.3 is 4.90 Å². The molecule has 1 aliphatic heterocycles. The van der Waals surface area contributed by atoms with Crippen LogP contribution in [0.15, 0.2) is 54.6 Å². The maximum Gasteiger partial charge on any atom is 0.232 e. The third kappa shape index (κ3) is 3.69. The van der Waals surface area contributed by atoms with E-state index < -0.39 is 10.0 Å². The second-order valence-electron chi connectivity index (χ2n) is 6.37. The summed E-state index contributed by atoms with van der Waals surface area (Å²) in [6.07, 6.45) is 2.13. The zero-order chi connectivity index (χ0) is 18.0. The molecule has 3 rings (SSSR count). The van der Waals surface area contributed by atoms with E-state index in [2.05, 4.69) is 0 Å². The topological polar surface area (TPSA) is 57.7 Å². The molecule has 6 heteroatoms. The summed E-state index contributed by atoms with van der Waals surface area (Å²) < 4.78 is 25.5. The van der Waals surface area contributed by atoms with E-state index in [0.717, 1.165) is 23.9 Å². The van der Waals surface area contributed by atoms with E-state index in [9.17, 15) is 13.2 Å². The molecule has 0 bridgehead atoms. The van der Waals surface area contributed by atoms with Crippen molar-refractivity contribution in [2.24, 2.45) is 0 Å². The summed E-state index contributed by atoms with van der Waals surface area (Å²) >= 11 is 0. The number of para-hydroxylation sites is 2. The molecule has 2 aromatic carbocycles. The number of carbonyl (C=O) groups is 1. The lowest BCUT2D eigenvalue weighted by Gasteiger charge is -2.26. The highest BCUT2D eigenvalue weighted by Crippen LogP contribution is 2.32. The maximum absolute atomic E-state index is 12.8. The van der Waals surface area contributed by atoms with Crippen LogP contribution in [-0.2, 0) is 21.2 Å². The third-order valence-electron chi connectivity index (χ3n) is 4.45. The molecular formula is C19H22N2O3S. The first kappa shape index (κ1) is 17.5. The predicted molar refractivity (Wildman–Crippen MR) is 100 cm³/mol. The first-order valence-electron chi connectivity index (χ1n) is 8.30. The molecule has 5 nitrogen and oxygen atoms in total. The summed E-state index contributed by atoms with van der Waals surface area (Å²) in [7, 11) is -3.45. The average molecular weight is 358 g/mol. The number of carbonyl (C=O) groups excluding carboxylic acids is 1. The van der Waals surface area contributed by atoms with E-state index in [1.165, 1.54) is 4.31 Å². The van der Waals surface area contributed by atoms with Crippen LogP contribution in [0.5, 0.6) is 0 Å². The molecule has 0 spiro atoms. The summed E-state index contributed by atoms with van der Waals surface area (Å²) in [6, 6.07) is 16.8. The summed E-state index contributed by atoms with van der Waals surface area (Å²) in [6.45, 7) is 2.15. The number of amides is 1. The molecular weight excluding hydrogens is 336 g/mol. The second-order valence-corrected chi connectivity index (χ2v) is 8.27. The first-order chi connectivity index (χ1) is 11.9. The predicted octanol–water partition coefficient (Wildman–Crippen LogP) is 2.82. The van der Waals surface area contributed by atoms with Gasteiger partial charge in [0.25, 0.3) is 0 Å². The largest absolute Gasteiger partial charge is 0.309 e. The number of fused-ring (bicyclic) bond motifs is 1. The van der Waals surface area contributed by atoms with Crippen molar-refractivity contribution in [1.29, 1.82) is 0 Å². The molecule has 0 N–H and O–H groups in total. The van der Waals surface area contributed by atoms with Crippen LogP contribution in [0, 0.1) is 0 Å². The van der Waals surface area contributed by atoms with Crippen molar-refractivity contribution in [1.82, 2.24) is 0 Å². The van der Waals surface area contributed by atoms with Gasteiger partial charge in [-0.2, -0.15) is 0 Å². The summed E-state index contributed by atoms with van der Waals surface area (Å²) in [4.78, 5) is 14.6. The van der Waals surface area contributed by atoms with Crippen molar-refractivity contribution in [3.63, 3.8) is 0 Å². The molecule has 0 saturated carbocycles. The van der Waals surface area contributed by atoms with Gasteiger partial charge in [-0.05, 0) is 37.1 Å². The number of anilines is 2. The Hall–Kier alpha value is -2.34. The lowest BCUT2D eigenvalue weighted by molar-refractivity contribution is -0.118. The summed E-state index contributed by atoms with van der Waals surface area (Å²) in [5.74, 6) is -0.0537. The first-order valence-corrected chi connectivity index (χ1v) is 10.2. The fraction of sp³-hybridized carbons (Fsp3) is 0.316. The zero-order valence-electron chi connectivity index (χ0n) is 14.4. The minimum absolute atomic E-state index is 0.0537. The Morgan fingerprint density at radius 3 is 2.44 bits per heavy atom. The monoisotopic (exact) mass is 358 g/mol. The highest BCUT2D eigenvalue weighted by Gasteiger charge is 2.31. The van der Waals surface area contributed by atoms with Gasteiger partial charge in [0.2, 0.25) is 15.9 Å². The number of benzene rings is 2. The highest BCUT2D eigenvalue weighted by atomic mass is 32.2. The molecule has 1 aliphatic rings. The van der Waals surface area contributed by atoms with Crippen LogP contribution in [0.25, 0.3) is 0 Å². The van der Waals surface area contributed by atoms with E-state index in [0.29, 0.717) is 5.69 Å². The molecule has 0 aromatic heterocycles. The molecule has 2 aromatic rings. The lowest BCUT2D eigenvalue weighted by atomic mass is 10.1. The number of hydrogen-bond donors (Lipinski definition) is 0. The van der Waals surface area contributed by atoms with Crippen molar-refractivity contribution in [3.05, 3.63) is 60.2 Å². The van der Waals surface area contributed by atoms with Crippen LogP contribution >= 0.6 is 0 Å². The smallest absolute Gasteiger partial charge is 0.232 e.